The molecule has 0 amide bonds. The van der Waals surface area contributed by atoms with E-state index in [1.807, 2.05) is 18.2 Å². The van der Waals surface area contributed by atoms with Crippen molar-refractivity contribution in [2.24, 2.45) is 11.8 Å². The van der Waals surface area contributed by atoms with Crippen LogP contribution in [-0.4, -0.2) is 52.9 Å². The van der Waals surface area contributed by atoms with Crippen molar-refractivity contribution in [3.8, 4) is 0 Å². The van der Waals surface area contributed by atoms with Gasteiger partial charge in [-0.2, -0.15) is 0 Å². The van der Waals surface area contributed by atoms with E-state index in [-0.39, 0.29) is 5.41 Å². The van der Waals surface area contributed by atoms with E-state index in [0.29, 0.717) is 24.1 Å². The van der Waals surface area contributed by atoms with E-state index in [1.165, 1.54) is 44.0 Å². The van der Waals surface area contributed by atoms with E-state index >= 15 is 0 Å². The number of nitrogens with one attached hydrogen (secondary N) is 1. The Labute approximate surface area is 158 Å². The number of unbranched alkanes of at least 4 members (excludes halogenated alkanes) is 3. The fourth-order valence-electron chi connectivity index (χ4n) is 4.81. The molecule has 1 saturated carbocycles. The van der Waals surface area contributed by atoms with Crippen LogP contribution in [0.25, 0.3) is 0 Å². The Morgan fingerprint density at radius 2 is 1.96 bits per heavy atom. The lowest BCUT2D eigenvalue weighted by Gasteiger charge is -2.27. The van der Waals surface area contributed by atoms with Crippen molar-refractivity contribution in [1.29, 1.82) is 0 Å². The molecule has 26 heavy (non-hydrogen) atoms. The molecule has 1 heterocycles. The number of nitrogens with zero attached hydrogens (tertiary/aromatic N) is 1. The summed E-state index contributed by atoms with van der Waals surface area (Å²) in [5.41, 5.74) is 1.89. The van der Waals surface area contributed by atoms with E-state index in [4.69, 9.17) is 4.74 Å². The monoisotopic (exact) mass is 380 g/mol. The molecule has 2 unspecified atom stereocenters. The van der Waals surface area contributed by atoms with Crippen molar-refractivity contribution < 1.29 is 13.2 Å². The lowest BCUT2D eigenvalue weighted by atomic mass is 9.90. The van der Waals surface area contributed by atoms with E-state index < -0.39 is 10.0 Å². The van der Waals surface area contributed by atoms with Crippen molar-refractivity contribution in [2.75, 3.05) is 44.3 Å². The zero-order chi connectivity index (χ0) is 18.8. The smallest absolute Gasteiger partial charge is 0.229 e. The highest BCUT2D eigenvalue weighted by Gasteiger charge is 2.68. The summed E-state index contributed by atoms with van der Waals surface area (Å²) in [6, 6.07) is 7.86. The molecule has 2 fully saturated rings. The van der Waals surface area contributed by atoms with Crippen molar-refractivity contribution in [1.82, 2.24) is 4.90 Å². The minimum atomic E-state index is -3.26. The van der Waals surface area contributed by atoms with Crippen LogP contribution in [-0.2, 0) is 20.2 Å². The molecule has 1 aromatic rings. The minimum Gasteiger partial charge on any atom is -0.384 e. The molecule has 2 atom stereocenters. The van der Waals surface area contributed by atoms with E-state index in [1.54, 1.807) is 7.11 Å². The van der Waals surface area contributed by atoms with Gasteiger partial charge in [-0.05, 0) is 42.5 Å². The van der Waals surface area contributed by atoms with Crippen LogP contribution in [0.4, 0.5) is 5.69 Å². The number of rotatable bonds is 10. The Balaban J connectivity index is 1.68. The average Bonchev–Trinajstić information content (AvgIpc) is 2.96. The van der Waals surface area contributed by atoms with Crippen LogP contribution in [0.2, 0.25) is 0 Å². The Kier molecular flexibility index (Phi) is 5.94. The molecular weight excluding hydrogens is 348 g/mol. The minimum absolute atomic E-state index is 0.0455. The summed E-state index contributed by atoms with van der Waals surface area (Å²) < 4.78 is 31.3. The predicted octanol–water partition coefficient (Wildman–Crippen LogP) is 3.08. The van der Waals surface area contributed by atoms with Gasteiger partial charge in [-0.3, -0.25) is 4.72 Å². The van der Waals surface area contributed by atoms with Gasteiger partial charge in [0.2, 0.25) is 10.0 Å². The first-order chi connectivity index (χ1) is 12.4. The summed E-state index contributed by atoms with van der Waals surface area (Å²) in [5, 5.41) is 0. The Morgan fingerprint density at radius 1 is 1.23 bits per heavy atom. The highest BCUT2D eigenvalue weighted by molar-refractivity contribution is 7.92. The maximum Gasteiger partial charge on any atom is 0.229 e. The van der Waals surface area contributed by atoms with Gasteiger partial charge in [0.15, 0.2) is 0 Å². The van der Waals surface area contributed by atoms with Crippen LogP contribution >= 0.6 is 0 Å². The van der Waals surface area contributed by atoms with Crippen LogP contribution < -0.4 is 4.72 Å². The maximum absolute atomic E-state index is 11.5. The third kappa shape index (κ3) is 4.07. The highest BCUT2D eigenvalue weighted by atomic mass is 32.2. The summed E-state index contributed by atoms with van der Waals surface area (Å²) in [5.74, 6) is 1.23. The normalized spacial score (nSPS) is 28.1. The fraction of sp³-hybridized carbons (Fsp3) is 0.700. The van der Waals surface area contributed by atoms with Crippen molar-refractivity contribution in [2.45, 2.75) is 38.0 Å². The average molecular weight is 381 g/mol. The second-order valence-corrected chi connectivity index (χ2v) is 9.71. The van der Waals surface area contributed by atoms with Gasteiger partial charge in [0.1, 0.15) is 0 Å². The van der Waals surface area contributed by atoms with E-state index in [2.05, 4.69) is 22.6 Å². The lowest BCUT2D eigenvalue weighted by Crippen LogP contribution is -2.33. The molecule has 1 aliphatic heterocycles. The first-order valence-electron chi connectivity index (χ1n) is 9.70. The van der Waals surface area contributed by atoms with E-state index in [0.717, 1.165) is 13.1 Å². The summed E-state index contributed by atoms with van der Waals surface area (Å²) in [4.78, 5) is 2.59. The van der Waals surface area contributed by atoms with E-state index in [9.17, 15) is 8.42 Å². The maximum atomic E-state index is 11.5. The zero-order valence-electron chi connectivity index (χ0n) is 16.2. The molecule has 0 spiro atoms. The molecule has 1 N–H and O–H groups in total. The topological polar surface area (TPSA) is 58.6 Å². The number of fused-ring (bicyclic) bond motifs is 1. The summed E-state index contributed by atoms with van der Waals surface area (Å²) in [6.45, 7) is 6.41. The number of methoxy groups -OCH3 is 1. The number of anilines is 1. The van der Waals surface area contributed by atoms with Crippen molar-refractivity contribution >= 4 is 15.7 Å². The molecule has 5 nitrogen and oxygen atoms in total. The van der Waals surface area contributed by atoms with Crippen molar-refractivity contribution in [3.63, 3.8) is 0 Å². The molecule has 146 valence electrons. The van der Waals surface area contributed by atoms with Crippen LogP contribution in [0.1, 0.15) is 38.2 Å². The van der Waals surface area contributed by atoms with Gasteiger partial charge in [-0.25, -0.2) is 8.42 Å². The molecule has 0 bridgehead atoms. The highest BCUT2D eigenvalue weighted by Crippen LogP contribution is 2.63. The summed E-state index contributed by atoms with van der Waals surface area (Å²) >= 11 is 0. The Bertz CT molecular complexity index is 708. The standard InChI is InChI=1S/C20H32N2O3S/c1-4-5-6-7-11-22-13-18-19(14-22)20(18,15-25-2)16-9-8-10-17(12-16)21-26(3,23)24/h8-10,12,18-19,21H,4-7,11,13-15H2,1-3H3. The summed E-state index contributed by atoms with van der Waals surface area (Å²) in [6.07, 6.45) is 6.41. The van der Waals surface area contributed by atoms with Crippen LogP contribution in [0.5, 0.6) is 0 Å². The summed E-state index contributed by atoms with van der Waals surface area (Å²) in [7, 11) is -1.50. The van der Waals surface area contributed by atoms with Gasteiger partial charge in [-0.1, -0.05) is 38.3 Å². The van der Waals surface area contributed by atoms with Gasteiger partial charge in [0.25, 0.3) is 0 Å². The SMILES string of the molecule is CCCCCCN1CC2C(C1)C2(COC)c1cccc(NS(C)(=O)=O)c1. The van der Waals surface area contributed by atoms with Gasteiger partial charge in [-0.15, -0.1) is 0 Å². The quantitative estimate of drug-likeness (QED) is 0.634. The van der Waals surface area contributed by atoms with Gasteiger partial charge < -0.3 is 9.64 Å². The molecule has 0 aromatic heterocycles. The lowest BCUT2D eigenvalue weighted by molar-refractivity contribution is 0.142. The Hall–Kier alpha value is -1.11. The third-order valence-electron chi connectivity index (χ3n) is 6.02. The molecule has 1 saturated heterocycles. The fourth-order valence-corrected chi connectivity index (χ4v) is 5.37. The number of ether oxygens (including phenoxy) is 1. The number of likely N-dealkylation sites (tertiary alicyclic amines) is 1. The zero-order valence-corrected chi connectivity index (χ0v) is 17.0. The molecule has 1 aromatic carbocycles. The van der Waals surface area contributed by atoms with Crippen LogP contribution in [0.15, 0.2) is 24.3 Å². The van der Waals surface area contributed by atoms with Crippen molar-refractivity contribution in [3.05, 3.63) is 29.8 Å². The third-order valence-corrected chi connectivity index (χ3v) is 6.63. The number of hydrogen-bond acceptors (Lipinski definition) is 4. The second-order valence-electron chi connectivity index (χ2n) is 7.96. The molecule has 1 aliphatic carbocycles. The largest absolute Gasteiger partial charge is 0.384 e. The molecule has 0 radical (unpaired) electrons. The van der Waals surface area contributed by atoms with Gasteiger partial charge in [0.05, 0.1) is 12.9 Å². The first-order valence-corrected chi connectivity index (χ1v) is 11.6. The molecule has 3 rings (SSSR count). The number of hydrogen-bond donors (Lipinski definition) is 1. The number of piperidine rings is 1. The van der Waals surface area contributed by atoms with Gasteiger partial charge in [0, 0.05) is 31.3 Å². The molecular formula is C20H32N2O3S. The predicted molar refractivity (Wildman–Crippen MR) is 106 cm³/mol. The number of sulfonamides is 1. The Morgan fingerprint density at radius 3 is 2.58 bits per heavy atom. The number of benzene rings is 1. The van der Waals surface area contributed by atoms with Gasteiger partial charge >= 0.3 is 0 Å². The first kappa shape index (κ1) is 19.6. The molecule has 6 heteroatoms. The molecule has 2 aliphatic rings. The van der Waals surface area contributed by atoms with Crippen LogP contribution in [0, 0.1) is 11.8 Å². The second kappa shape index (κ2) is 7.87. The van der Waals surface area contributed by atoms with Crippen LogP contribution in [0.3, 0.4) is 0 Å².